The van der Waals surface area contributed by atoms with Gasteiger partial charge in [-0.2, -0.15) is 4.31 Å². The lowest BCUT2D eigenvalue weighted by Gasteiger charge is -2.32. The van der Waals surface area contributed by atoms with Gasteiger partial charge in [0, 0.05) is 38.2 Å². The predicted octanol–water partition coefficient (Wildman–Crippen LogP) is 2.15. The molecule has 1 heterocycles. The normalized spacial score (nSPS) is 15.7. The van der Waals surface area contributed by atoms with E-state index < -0.39 is 15.9 Å². The van der Waals surface area contributed by atoms with E-state index in [-0.39, 0.29) is 16.7 Å². The summed E-state index contributed by atoms with van der Waals surface area (Å²) in [6, 6.07) is 13.7. The fraction of sp³-hybridized carbons (Fsp3) is 0.364. The number of amides is 2. The highest BCUT2D eigenvalue weighted by molar-refractivity contribution is 7.89. The predicted molar refractivity (Wildman–Crippen MR) is 114 cm³/mol. The third kappa shape index (κ3) is 4.88. The Labute approximate surface area is 177 Å². The molecule has 1 fully saturated rings. The maximum atomic E-state index is 12.9. The number of nitrogens with zero attached hydrogens (tertiary/aromatic N) is 2. The second-order valence-corrected chi connectivity index (χ2v) is 9.69. The van der Waals surface area contributed by atoms with Crippen molar-refractivity contribution in [2.24, 2.45) is 11.7 Å². The Morgan fingerprint density at radius 1 is 1.10 bits per heavy atom. The van der Waals surface area contributed by atoms with Gasteiger partial charge in [0.05, 0.1) is 4.90 Å². The molecule has 2 amide bonds. The van der Waals surface area contributed by atoms with Gasteiger partial charge >= 0.3 is 0 Å². The summed E-state index contributed by atoms with van der Waals surface area (Å²) in [4.78, 5) is 26.1. The molecule has 0 aromatic heterocycles. The Balaban J connectivity index is 1.60. The van der Waals surface area contributed by atoms with Crippen molar-refractivity contribution in [2.75, 3.05) is 20.1 Å². The summed E-state index contributed by atoms with van der Waals surface area (Å²) in [6.45, 7) is 2.91. The quantitative estimate of drug-likeness (QED) is 0.760. The van der Waals surface area contributed by atoms with Crippen molar-refractivity contribution in [1.82, 2.24) is 9.21 Å². The molecule has 2 aromatic carbocycles. The number of carbonyl (C=O) groups excluding carboxylic acids is 2. The van der Waals surface area contributed by atoms with Gasteiger partial charge in [0.2, 0.25) is 21.8 Å². The lowest BCUT2D eigenvalue weighted by atomic mass is 9.96. The van der Waals surface area contributed by atoms with E-state index in [9.17, 15) is 18.0 Å². The Kier molecular flexibility index (Phi) is 6.58. The van der Waals surface area contributed by atoms with Crippen LogP contribution in [0, 0.1) is 12.8 Å². The number of hydrogen-bond donors (Lipinski definition) is 1. The van der Waals surface area contributed by atoms with Crippen LogP contribution in [0.4, 0.5) is 0 Å². The summed E-state index contributed by atoms with van der Waals surface area (Å²) in [7, 11) is -1.83. The lowest BCUT2D eigenvalue weighted by Crippen LogP contribution is -2.43. The Bertz CT molecular complexity index is 1030. The second-order valence-electron chi connectivity index (χ2n) is 7.75. The highest BCUT2D eigenvalue weighted by Crippen LogP contribution is 2.25. The van der Waals surface area contributed by atoms with E-state index >= 15 is 0 Å². The number of primary amides is 1. The first-order valence-electron chi connectivity index (χ1n) is 9.89. The van der Waals surface area contributed by atoms with Gasteiger partial charge in [0.15, 0.2) is 0 Å². The van der Waals surface area contributed by atoms with Crippen LogP contribution in [0.1, 0.15) is 34.3 Å². The summed E-state index contributed by atoms with van der Waals surface area (Å²) in [5.74, 6) is -0.751. The first kappa shape index (κ1) is 22.0. The molecule has 7 nitrogen and oxygen atoms in total. The molecule has 3 rings (SSSR count). The summed E-state index contributed by atoms with van der Waals surface area (Å²) >= 11 is 0. The number of hydrogen-bond acceptors (Lipinski definition) is 4. The number of rotatable bonds is 6. The molecule has 8 heteroatoms. The fourth-order valence-corrected chi connectivity index (χ4v) is 5.16. The van der Waals surface area contributed by atoms with Crippen molar-refractivity contribution in [2.45, 2.75) is 31.2 Å². The minimum absolute atomic E-state index is 0.0214. The minimum Gasteiger partial charge on any atom is -0.366 e. The maximum Gasteiger partial charge on any atom is 0.248 e. The molecule has 1 aliphatic heterocycles. The van der Waals surface area contributed by atoms with Gasteiger partial charge in [0.1, 0.15) is 0 Å². The summed E-state index contributed by atoms with van der Waals surface area (Å²) in [5, 5.41) is 0. The molecule has 160 valence electrons. The molecule has 1 saturated heterocycles. The molecule has 0 bridgehead atoms. The zero-order chi connectivity index (χ0) is 21.9. The molecule has 0 radical (unpaired) electrons. The standard InChI is InChI=1S/C22H27N3O4S/c1-16-6-8-20(9-7-16)30(28,29)25-12-10-18(11-13-25)22(27)24(2)15-17-4-3-5-19(14-17)21(23)26/h3-9,14,18H,10-13,15H2,1-2H3,(H2,23,26). The van der Waals surface area contributed by atoms with Gasteiger partial charge in [-0.3, -0.25) is 9.59 Å². The number of piperidine rings is 1. The first-order valence-corrected chi connectivity index (χ1v) is 11.3. The molecular weight excluding hydrogens is 402 g/mol. The van der Waals surface area contributed by atoms with Crippen molar-refractivity contribution in [3.63, 3.8) is 0 Å². The van der Waals surface area contributed by atoms with Crippen LogP contribution in [0.15, 0.2) is 53.4 Å². The van der Waals surface area contributed by atoms with Gasteiger partial charge in [-0.25, -0.2) is 8.42 Å². The van der Waals surface area contributed by atoms with Crippen LogP contribution in [0.2, 0.25) is 0 Å². The molecule has 0 unspecified atom stereocenters. The zero-order valence-electron chi connectivity index (χ0n) is 17.2. The third-order valence-corrected chi connectivity index (χ3v) is 7.38. The Morgan fingerprint density at radius 3 is 2.33 bits per heavy atom. The molecule has 0 spiro atoms. The van der Waals surface area contributed by atoms with Crippen LogP contribution >= 0.6 is 0 Å². The lowest BCUT2D eigenvalue weighted by molar-refractivity contribution is -0.135. The fourth-order valence-electron chi connectivity index (χ4n) is 3.69. The van der Waals surface area contributed by atoms with Crippen molar-refractivity contribution >= 4 is 21.8 Å². The van der Waals surface area contributed by atoms with E-state index in [1.165, 1.54) is 4.31 Å². The molecule has 2 aromatic rings. The SMILES string of the molecule is Cc1ccc(S(=O)(=O)N2CCC(C(=O)N(C)Cc3cccc(C(N)=O)c3)CC2)cc1. The van der Waals surface area contributed by atoms with Crippen molar-refractivity contribution in [3.8, 4) is 0 Å². The van der Waals surface area contributed by atoms with E-state index in [4.69, 9.17) is 5.73 Å². The van der Waals surface area contributed by atoms with Gasteiger partial charge in [-0.1, -0.05) is 29.8 Å². The van der Waals surface area contributed by atoms with E-state index in [1.54, 1.807) is 54.4 Å². The van der Waals surface area contributed by atoms with Gasteiger partial charge in [0.25, 0.3) is 0 Å². The smallest absolute Gasteiger partial charge is 0.248 e. The van der Waals surface area contributed by atoms with Crippen molar-refractivity contribution in [3.05, 3.63) is 65.2 Å². The third-order valence-electron chi connectivity index (χ3n) is 5.47. The van der Waals surface area contributed by atoms with Crippen LogP contribution in [-0.4, -0.2) is 49.6 Å². The van der Waals surface area contributed by atoms with Crippen LogP contribution in [0.5, 0.6) is 0 Å². The average Bonchev–Trinajstić information content (AvgIpc) is 2.73. The molecule has 2 N–H and O–H groups in total. The minimum atomic E-state index is -3.54. The number of benzene rings is 2. The van der Waals surface area contributed by atoms with Crippen LogP contribution in [0.25, 0.3) is 0 Å². The molecule has 30 heavy (non-hydrogen) atoms. The van der Waals surface area contributed by atoms with Gasteiger partial charge in [-0.15, -0.1) is 0 Å². The zero-order valence-corrected chi connectivity index (χ0v) is 18.1. The highest BCUT2D eigenvalue weighted by atomic mass is 32.2. The van der Waals surface area contributed by atoms with E-state index in [0.717, 1.165) is 11.1 Å². The number of aryl methyl sites for hydroxylation is 1. The van der Waals surface area contributed by atoms with Crippen LogP contribution in [0.3, 0.4) is 0 Å². The molecule has 0 aliphatic carbocycles. The van der Waals surface area contributed by atoms with E-state index in [1.807, 2.05) is 13.0 Å². The van der Waals surface area contributed by atoms with Gasteiger partial charge in [-0.05, 0) is 49.6 Å². The van der Waals surface area contributed by atoms with Crippen LogP contribution < -0.4 is 5.73 Å². The Hall–Kier alpha value is -2.71. The largest absolute Gasteiger partial charge is 0.366 e. The summed E-state index contributed by atoms with van der Waals surface area (Å²) in [5.41, 5.74) is 7.54. The topological polar surface area (TPSA) is 101 Å². The molecule has 0 saturated carbocycles. The number of carbonyl (C=O) groups is 2. The van der Waals surface area contributed by atoms with E-state index in [2.05, 4.69) is 0 Å². The molecule has 1 aliphatic rings. The van der Waals surface area contributed by atoms with Gasteiger partial charge < -0.3 is 10.6 Å². The maximum absolute atomic E-state index is 12.9. The summed E-state index contributed by atoms with van der Waals surface area (Å²) in [6.07, 6.45) is 0.963. The van der Waals surface area contributed by atoms with E-state index in [0.29, 0.717) is 38.0 Å². The second kappa shape index (κ2) is 8.97. The van der Waals surface area contributed by atoms with Crippen LogP contribution in [-0.2, 0) is 21.4 Å². The highest BCUT2D eigenvalue weighted by Gasteiger charge is 2.33. The molecular formula is C22H27N3O4S. The Morgan fingerprint density at radius 2 is 1.73 bits per heavy atom. The summed E-state index contributed by atoms with van der Waals surface area (Å²) < 4.78 is 27.1. The van der Waals surface area contributed by atoms with Crippen molar-refractivity contribution < 1.29 is 18.0 Å². The monoisotopic (exact) mass is 429 g/mol. The average molecular weight is 430 g/mol. The first-order chi connectivity index (χ1) is 14.2. The number of nitrogens with two attached hydrogens (primary N) is 1. The molecule has 0 atom stereocenters. The van der Waals surface area contributed by atoms with Crippen molar-refractivity contribution in [1.29, 1.82) is 0 Å². The number of sulfonamides is 1.